The minimum atomic E-state index is -0.511. The summed E-state index contributed by atoms with van der Waals surface area (Å²) in [6.45, 7) is 5.50. The molecule has 0 amide bonds. The van der Waals surface area contributed by atoms with Gasteiger partial charge in [-0.15, -0.1) is 6.58 Å². The van der Waals surface area contributed by atoms with Gasteiger partial charge in [-0.1, -0.05) is 80.3 Å². The van der Waals surface area contributed by atoms with Crippen LogP contribution in [0.25, 0.3) is 11.5 Å². The molecule has 2 fully saturated rings. The number of carbonyl (C=O) groups excluding carboxylic acids is 1. The van der Waals surface area contributed by atoms with Crippen molar-refractivity contribution in [2.24, 2.45) is 11.8 Å². The second-order valence-corrected chi connectivity index (χ2v) is 10.6. The molecule has 1 aromatic heterocycles. The van der Waals surface area contributed by atoms with Crippen molar-refractivity contribution < 1.29 is 13.9 Å². The number of ether oxygens (including phenoxy) is 1. The molecule has 0 saturated heterocycles. The lowest BCUT2D eigenvalue weighted by molar-refractivity contribution is -0.169. The summed E-state index contributed by atoms with van der Waals surface area (Å²) < 4.78 is 12.0. The van der Waals surface area contributed by atoms with Gasteiger partial charge in [-0.05, 0) is 55.8 Å². The average Bonchev–Trinajstić information content (AvgIpc) is 3.26. The molecule has 2 unspecified atom stereocenters. The monoisotopic (exact) mass is 498 g/mol. The van der Waals surface area contributed by atoms with Crippen LogP contribution in [0.2, 0.25) is 0 Å². The van der Waals surface area contributed by atoms with Crippen molar-refractivity contribution in [3.63, 3.8) is 0 Å². The topological polar surface area (TPSA) is 64.4 Å². The van der Waals surface area contributed by atoms with Gasteiger partial charge >= 0.3 is 5.97 Å². The average molecular weight is 499 g/mol. The van der Waals surface area contributed by atoms with Crippen LogP contribution in [-0.2, 0) is 21.5 Å². The van der Waals surface area contributed by atoms with E-state index >= 15 is 0 Å². The van der Waals surface area contributed by atoms with Crippen molar-refractivity contribution in [1.29, 1.82) is 0 Å². The minimum absolute atomic E-state index is 0.0258. The number of nitrogens with zero attached hydrogens (tertiary/aromatic N) is 1. The Morgan fingerprint density at radius 2 is 1.76 bits per heavy atom. The summed E-state index contributed by atoms with van der Waals surface area (Å²) in [5.41, 5.74) is 2.46. The van der Waals surface area contributed by atoms with Crippen molar-refractivity contribution >= 4 is 5.97 Å². The summed E-state index contributed by atoms with van der Waals surface area (Å²) in [5.74, 6) is 1.30. The number of hydrogen-bond acceptors (Lipinski definition) is 5. The van der Waals surface area contributed by atoms with Crippen LogP contribution in [0.5, 0.6) is 0 Å². The molecule has 194 valence electrons. The number of carbonyl (C=O) groups is 1. The summed E-state index contributed by atoms with van der Waals surface area (Å²) in [4.78, 5) is 18.4. The molecule has 2 aliphatic carbocycles. The minimum Gasteiger partial charge on any atom is -0.461 e. The highest BCUT2D eigenvalue weighted by molar-refractivity contribution is 5.83. The van der Waals surface area contributed by atoms with Gasteiger partial charge in [-0.2, -0.15) is 0 Å². The van der Waals surface area contributed by atoms with Gasteiger partial charge in [0.1, 0.15) is 12.4 Å². The lowest BCUT2D eigenvalue weighted by Crippen LogP contribution is -2.48. The van der Waals surface area contributed by atoms with Crippen molar-refractivity contribution in [2.45, 2.75) is 69.4 Å². The highest BCUT2D eigenvalue weighted by atomic mass is 16.5. The predicted octanol–water partition coefficient (Wildman–Crippen LogP) is 6.85. The van der Waals surface area contributed by atoms with Crippen LogP contribution < -0.4 is 5.32 Å². The van der Waals surface area contributed by atoms with Gasteiger partial charge in [0.25, 0.3) is 0 Å². The first-order valence-electron chi connectivity index (χ1n) is 13.8. The number of allylic oxidation sites excluding steroid dienone is 1. The maximum atomic E-state index is 13.8. The SMILES string of the molecule is C=CC1C[C@H](OC(=O)C2(c3ccccc3)CCCCCC2)C1CCNCc1coc(-c2ccccc2)n1. The van der Waals surface area contributed by atoms with Gasteiger partial charge in [-0.3, -0.25) is 4.79 Å². The lowest BCUT2D eigenvalue weighted by atomic mass is 9.68. The number of hydrogen-bond donors (Lipinski definition) is 1. The zero-order valence-corrected chi connectivity index (χ0v) is 21.6. The smallest absolute Gasteiger partial charge is 0.316 e. The van der Waals surface area contributed by atoms with Gasteiger partial charge in [0, 0.05) is 18.0 Å². The normalized spacial score (nSPS) is 23.0. The lowest BCUT2D eigenvalue weighted by Gasteiger charge is -2.44. The molecule has 0 spiro atoms. The van der Waals surface area contributed by atoms with Gasteiger partial charge in [0.2, 0.25) is 5.89 Å². The molecule has 37 heavy (non-hydrogen) atoms. The van der Waals surface area contributed by atoms with Crippen LogP contribution in [0, 0.1) is 11.8 Å². The molecule has 5 nitrogen and oxygen atoms in total. The number of oxazole rings is 1. The summed E-state index contributed by atoms with van der Waals surface area (Å²) in [6, 6.07) is 20.2. The molecule has 2 saturated carbocycles. The highest BCUT2D eigenvalue weighted by Gasteiger charge is 2.47. The number of benzene rings is 2. The maximum absolute atomic E-state index is 13.8. The van der Waals surface area contributed by atoms with Crippen LogP contribution >= 0.6 is 0 Å². The Kier molecular flexibility index (Phi) is 8.20. The Morgan fingerprint density at radius 1 is 1.05 bits per heavy atom. The molecule has 1 N–H and O–H groups in total. The zero-order chi connectivity index (χ0) is 25.5. The first-order valence-corrected chi connectivity index (χ1v) is 13.8. The Bertz CT molecular complexity index is 1150. The predicted molar refractivity (Wildman–Crippen MR) is 146 cm³/mol. The summed E-state index contributed by atoms with van der Waals surface area (Å²) in [7, 11) is 0. The first-order chi connectivity index (χ1) is 18.2. The highest BCUT2D eigenvalue weighted by Crippen LogP contribution is 2.44. The van der Waals surface area contributed by atoms with Crippen molar-refractivity contribution in [3.05, 3.63) is 90.8 Å². The molecule has 0 bridgehead atoms. The van der Waals surface area contributed by atoms with Crippen LogP contribution in [0.3, 0.4) is 0 Å². The second-order valence-electron chi connectivity index (χ2n) is 10.6. The van der Waals surface area contributed by atoms with E-state index in [0.717, 1.165) is 61.9 Å². The number of rotatable bonds is 10. The van der Waals surface area contributed by atoms with Crippen molar-refractivity contribution in [1.82, 2.24) is 10.3 Å². The number of nitrogens with one attached hydrogen (secondary N) is 1. The van der Waals surface area contributed by atoms with E-state index in [1.165, 1.54) is 12.8 Å². The Hall–Kier alpha value is -3.18. The fraction of sp³-hybridized carbons (Fsp3) is 0.438. The van der Waals surface area contributed by atoms with Crippen LogP contribution in [0.4, 0.5) is 0 Å². The van der Waals surface area contributed by atoms with Crippen molar-refractivity contribution in [3.8, 4) is 11.5 Å². The molecule has 0 aliphatic heterocycles. The zero-order valence-electron chi connectivity index (χ0n) is 21.6. The molecule has 3 atom stereocenters. The molecule has 0 radical (unpaired) electrons. The molecular formula is C32H38N2O3. The molecule has 1 heterocycles. The maximum Gasteiger partial charge on any atom is 0.316 e. The van der Waals surface area contributed by atoms with Gasteiger partial charge < -0.3 is 14.5 Å². The molecule has 5 heteroatoms. The van der Waals surface area contributed by atoms with E-state index in [-0.39, 0.29) is 12.1 Å². The first kappa shape index (κ1) is 25.5. The summed E-state index contributed by atoms with van der Waals surface area (Å²) in [6.07, 6.45) is 11.8. The Balaban J connectivity index is 1.17. The fourth-order valence-corrected chi connectivity index (χ4v) is 6.04. The molecular weight excluding hydrogens is 460 g/mol. The van der Waals surface area contributed by atoms with Gasteiger partial charge in [0.05, 0.1) is 11.1 Å². The van der Waals surface area contributed by atoms with E-state index in [4.69, 9.17) is 9.15 Å². The van der Waals surface area contributed by atoms with E-state index in [0.29, 0.717) is 24.3 Å². The molecule has 3 aromatic rings. The van der Waals surface area contributed by atoms with Gasteiger partial charge in [-0.25, -0.2) is 4.98 Å². The number of esters is 1. The van der Waals surface area contributed by atoms with E-state index in [2.05, 4.69) is 29.0 Å². The van der Waals surface area contributed by atoms with Gasteiger partial charge in [0.15, 0.2) is 0 Å². The second kappa shape index (κ2) is 11.9. The summed E-state index contributed by atoms with van der Waals surface area (Å²) >= 11 is 0. The third kappa shape index (κ3) is 5.72. The Morgan fingerprint density at radius 3 is 2.46 bits per heavy atom. The summed E-state index contributed by atoms with van der Waals surface area (Å²) in [5, 5.41) is 3.49. The third-order valence-corrected chi connectivity index (χ3v) is 8.30. The van der Waals surface area contributed by atoms with E-state index in [9.17, 15) is 4.79 Å². The standard InChI is InChI=1S/C32H38N2O3/c1-2-24-21-29(37-31(35)32(18-11-3-4-12-19-32)26-15-9-6-10-16-26)28(24)17-20-33-22-27-23-36-30(34-27)25-13-7-5-8-14-25/h2,5-10,13-16,23-24,28-29,33H,1,3-4,11-12,17-22H2/t24?,28?,29-/m0/s1. The van der Waals surface area contributed by atoms with Crippen LogP contribution in [-0.4, -0.2) is 23.6 Å². The van der Waals surface area contributed by atoms with E-state index in [1.54, 1.807) is 6.26 Å². The van der Waals surface area contributed by atoms with E-state index < -0.39 is 5.41 Å². The van der Waals surface area contributed by atoms with Crippen LogP contribution in [0.1, 0.15) is 62.6 Å². The quantitative estimate of drug-likeness (QED) is 0.143. The third-order valence-electron chi connectivity index (χ3n) is 8.30. The Labute approximate surface area is 220 Å². The fourth-order valence-electron chi connectivity index (χ4n) is 6.04. The largest absolute Gasteiger partial charge is 0.461 e. The van der Waals surface area contributed by atoms with Crippen LogP contribution in [0.15, 0.2) is 84.0 Å². The molecule has 2 aromatic carbocycles. The number of aromatic nitrogens is 1. The van der Waals surface area contributed by atoms with E-state index in [1.807, 2.05) is 54.6 Å². The molecule has 5 rings (SSSR count). The van der Waals surface area contributed by atoms with Crippen molar-refractivity contribution in [2.75, 3.05) is 6.54 Å². The molecule has 2 aliphatic rings.